The summed E-state index contributed by atoms with van der Waals surface area (Å²) < 4.78 is 0. The summed E-state index contributed by atoms with van der Waals surface area (Å²) in [7, 11) is 0. The summed E-state index contributed by atoms with van der Waals surface area (Å²) >= 11 is 0. The molecule has 1 nitrogen and oxygen atoms in total. The molecule has 0 saturated carbocycles. The molecule has 1 heteroatoms. The van der Waals surface area contributed by atoms with E-state index >= 15 is 0 Å². The van der Waals surface area contributed by atoms with Gasteiger partial charge in [0.2, 0.25) is 0 Å². The number of hydrogen-bond donors (Lipinski definition) is 1. The molecule has 0 radical (unpaired) electrons. The first-order chi connectivity index (χ1) is 6.88. The predicted molar refractivity (Wildman–Crippen MR) is 62.3 cm³/mol. The molecule has 0 spiro atoms. The molecule has 1 N–H and O–H groups in total. The van der Waals surface area contributed by atoms with Crippen LogP contribution in [0.4, 0.5) is 0 Å². The van der Waals surface area contributed by atoms with Crippen molar-refractivity contribution in [1.82, 2.24) is 5.32 Å². The molecular weight excluding hydrogens is 170 g/mol. The lowest BCUT2D eigenvalue weighted by Crippen LogP contribution is -2.20. The molecule has 0 aliphatic carbocycles. The monoisotopic (exact) mass is 189 g/mol. The summed E-state index contributed by atoms with van der Waals surface area (Å²) in [6, 6.07) is 11.1. The van der Waals surface area contributed by atoms with Crippen molar-refractivity contribution in [3.63, 3.8) is 0 Å². The minimum absolute atomic E-state index is 0.479. The Balaban J connectivity index is 2.54. The average Bonchev–Trinajstić information content (AvgIpc) is 2.26. The van der Waals surface area contributed by atoms with Crippen molar-refractivity contribution in [2.24, 2.45) is 0 Å². The standard InChI is InChI=1S/C13H19N/c1-3-5-11-14-13(4-2)12-9-7-6-8-10-12/h3,5-10,13-14H,4,11H2,1-2H3/b5-3+. The summed E-state index contributed by atoms with van der Waals surface area (Å²) in [5, 5.41) is 3.50. The summed E-state index contributed by atoms with van der Waals surface area (Å²) in [4.78, 5) is 0. The highest BCUT2D eigenvalue weighted by atomic mass is 14.9. The van der Waals surface area contributed by atoms with E-state index in [1.807, 2.05) is 6.92 Å². The van der Waals surface area contributed by atoms with Crippen LogP contribution in [0.3, 0.4) is 0 Å². The quantitative estimate of drug-likeness (QED) is 0.701. The molecule has 0 aromatic heterocycles. The van der Waals surface area contributed by atoms with Crippen LogP contribution in [0.15, 0.2) is 42.5 Å². The van der Waals surface area contributed by atoms with Crippen molar-refractivity contribution in [3.8, 4) is 0 Å². The van der Waals surface area contributed by atoms with Crippen molar-refractivity contribution >= 4 is 0 Å². The Labute approximate surface area is 86.8 Å². The molecule has 1 rings (SSSR count). The SMILES string of the molecule is C/C=C/CNC(CC)c1ccccc1. The molecular formula is C13H19N. The molecule has 0 fully saturated rings. The van der Waals surface area contributed by atoms with Gasteiger partial charge in [0.1, 0.15) is 0 Å². The number of hydrogen-bond acceptors (Lipinski definition) is 1. The van der Waals surface area contributed by atoms with Crippen LogP contribution in [-0.2, 0) is 0 Å². The lowest BCUT2D eigenvalue weighted by atomic mass is 10.0. The fourth-order valence-electron chi connectivity index (χ4n) is 1.51. The topological polar surface area (TPSA) is 12.0 Å². The maximum absolute atomic E-state index is 3.50. The van der Waals surface area contributed by atoms with Gasteiger partial charge < -0.3 is 5.32 Å². The fraction of sp³-hybridized carbons (Fsp3) is 0.385. The Morgan fingerprint density at radius 3 is 2.57 bits per heavy atom. The molecule has 0 amide bonds. The van der Waals surface area contributed by atoms with Crippen LogP contribution in [0.1, 0.15) is 31.9 Å². The predicted octanol–water partition coefficient (Wildman–Crippen LogP) is 3.30. The van der Waals surface area contributed by atoms with Crippen LogP contribution in [0.2, 0.25) is 0 Å². The Kier molecular flexibility index (Phi) is 5.02. The first-order valence-electron chi connectivity index (χ1n) is 5.28. The highest BCUT2D eigenvalue weighted by Crippen LogP contribution is 2.15. The maximum atomic E-state index is 3.50. The molecule has 0 bridgehead atoms. The Bertz CT molecular complexity index is 264. The summed E-state index contributed by atoms with van der Waals surface area (Å²) in [5.41, 5.74) is 1.37. The van der Waals surface area contributed by atoms with E-state index in [0.717, 1.165) is 13.0 Å². The average molecular weight is 189 g/mol. The van der Waals surface area contributed by atoms with Gasteiger partial charge in [-0.3, -0.25) is 0 Å². The van der Waals surface area contributed by atoms with Crippen LogP contribution >= 0.6 is 0 Å². The van der Waals surface area contributed by atoms with Crippen molar-refractivity contribution in [2.75, 3.05) is 6.54 Å². The Hall–Kier alpha value is -1.08. The van der Waals surface area contributed by atoms with Gasteiger partial charge in [-0.1, -0.05) is 49.4 Å². The molecule has 14 heavy (non-hydrogen) atoms. The van der Waals surface area contributed by atoms with Crippen LogP contribution in [0.25, 0.3) is 0 Å². The van der Waals surface area contributed by atoms with Gasteiger partial charge >= 0.3 is 0 Å². The number of nitrogens with one attached hydrogen (secondary N) is 1. The molecule has 0 aliphatic heterocycles. The van der Waals surface area contributed by atoms with E-state index < -0.39 is 0 Å². The zero-order valence-corrected chi connectivity index (χ0v) is 9.03. The summed E-state index contributed by atoms with van der Waals surface area (Å²) in [5.74, 6) is 0. The van der Waals surface area contributed by atoms with Gasteiger partial charge in [0.15, 0.2) is 0 Å². The lowest BCUT2D eigenvalue weighted by Gasteiger charge is -2.15. The van der Waals surface area contributed by atoms with Crippen LogP contribution in [-0.4, -0.2) is 6.54 Å². The summed E-state index contributed by atoms with van der Waals surface area (Å²) in [6.07, 6.45) is 5.35. The van der Waals surface area contributed by atoms with Gasteiger partial charge in [-0.2, -0.15) is 0 Å². The minimum Gasteiger partial charge on any atom is -0.306 e. The first-order valence-corrected chi connectivity index (χ1v) is 5.28. The zero-order valence-electron chi connectivity index (χ0n) is 9.03. The third-order valence-corrected chi connectivity index (χ3v) is 2.33. The Morgan fingerprint density at radius 1 is 1.29 bits per heavy atom. The Morgan fingerprint density at radius 2 is 2.00 bits per heavy atom. The van der Waals surface area contributed by atoms with Gasteiger partial charge in [-0.05, 0) is 18.9 Å². The van der Waals surface area contributed by atoms with Crippen LogP contribution in [0.5, 0.6) is 0 Å². The molecule has 1 unspecified atom stereocenters. The molecule has 1 aromatic rings. The van der Waals surface area contributed by atoms with E-state index in [9.17, 15) is 0 Å². The van der Waals surface area contributed by atoms with E-state index in [2.05, 4.69) is 54.7 Å². The van der Waals surface area contributed by atoms with Gasteiger partial charge in [0.05, 0.1) is 0 Å². The van der Waals surface area contributed by atoms with E-state index in [4.69, 9.17) is 0 Å². The van der Waals surface area contributed by atoms with Gasteiger partial charge in [-0.25, -0.2) is 0 Å². The first kappa shape index (κ1) is 11.0. The highest BCUT2D eigenvalue weighted by Gasteiger charge is 2.05. The van der Waals surface area contributed by atoms with Gasteiger partial charge in [0, 0.05) is 12.6 Å². The normalized spacial score (nSPS) is 13.3. The lowest BCUT2D eigenvalue weighted by molar-refractivity contribution is 0.551. The minimum atomic E-state index is 0.479. The molecule has 1 aromatic carbocycles. The highest BCUT2D eigenvalue weighted by molar-refractivity contribution is 5.18. The van der Waals surface area contributed by atoms with Crippen LogP contribution < -0.4 is 5.32 Å². The largest absolute Gasteiger partial charge is 0.306 e. The fourth-order valence-corrected chi connectivity index (χ4v) is 1.51. The van der Waals surface area contributed by atoms with Gasteiger partial charge in [0.25, 0.3) is 0 Å². The third kappa shape index (κ3) is 3.35. The second kappa shape index (κ2) is 6.39. The summed E-state index contributed by atoms with van der Waals surface area (Å²) in [6.45, 7) is 5.20. The van der Waals surface area contributed by atoms with Crippen molar-refractivity contribution in [2.45, 2.75) is 26.3 Å². The van der Waals surface area contributed by atoms with Crippen molar-refractivity contribution in [3.05, 3.63) is 48.0 Å². The number of rotatable bonds is 5. The number of benzene rings is 1. The smallest absolute Gasteiger partial charge is 0.0320 e. The third-order valence-electron chi connectivity index (χ3n) is 2.33. The van der Waals surface area contributed by atoms with Crippen molar-refractivity contribution in [1.29, 1.82) is 0 Å². The zero-order chi connectivity index (χ0) is 10.2. The molecule has 0 heterocycles. The molecule has 1 atom stereocenters. The van der Waals surface area contributed by atoms with E-state index in [1.165, 1.54) is 5.56 Å². The van der Waals surface area contributed by atoms with Crippen molar-refractivity contribution < 1.29 is 0 Å². The second-order valence-electron chi connectivity index (χ2n) is 3.35. The second-order valence-corrected chi connectivity index (χ2v) is 3.35. The number of allylic oxidation sites excluding steroid dienone is 1. The molecule has 76 valence electrons. The van der Waals surface area contributed by atoms with E-state index in [0.29, 0.717) is 6.04 Å². The molecule has 0 saturated heterocycles. The van der Waals surface area contributed by atoms with Gasteiger partial charge in [-0.15, -0.1) is 0 Å². The van der Waals surface area contributed by atoms with E-state index in [-0.39, 0.29) is 0 Å². The maximum Gasteiger partial charge on any atom is 0.0320 e. The molecule has 0 aliphatic rings. The van der Waals surface area contributed by atoms with Crippen LogP contribution in [0, 0.1) is 0 Å². The van der Waals surface area contributed by atoms with E-state index in [1.54, 1.807) is 0 Å².